The quantitative estimate of drug-likeness (QED) is 0.364. The lowest BCUT2D eigenvalue weighted by Crippen LogP contribution is -2.36. The largest absolute Gasteiger partial charge is 0.469 e. The summed E-state index contributed by atoms with van der Waals surface area (Å²) in [7, 11) is 1.43. The van der Waals surface area contributed by atoms with Crippen molar-refractivity contribution in [3.63, 3.8) is 0 Å². The molecule has 0 aliphatic heterocycles. The van der Waals surface area contributed by atoms with Crippen LogP contribution in [-0.4, -0.2) is 18.6 Å². The van der Waals surface area contributed by atoms with Gasteiger partial charge in [-0.1, -0.05) is 71.1 Å². The van der Waals surface area contributed by atoms with Crippen molar-refractivity contribution in [3.8, 4) is 0 Å². The van der Waals surface area contributed by atoms with Crippen LogP contribution in [0.4, 0.5) is 0 Å². The third-order valence-electron chi connectivity index (χ3n) is 4.23. The van der Waals surface area contributed by atoms with E-state index in [0.717, 1.165) is 12.8 Å². The summed E-state index contributed by atoms with van der Waals surface area (Å²) in [6, 6.07) is 0. The SMILES string of the molecule is CCCCCCCCCCCCC(C)(N)CCC(=O)OC. The van der Waals surface area contributed by atoms with E-state index in [1.807, 2.05) is 6.92 Å². The van der Waals surface area contributed by atoms with Gasteiger partial charge in [0.05, 0.1) is 7.11 Å². The van der Waals surface area contributed by atoms with Crippen LogP contribution in [-0.2, 0) is 9.53 Å². The van der Waals surface area contributed by atoms with E-state index in [9.17, 15) is 4.79 Å². The van der Waals surface area contributed by atoms with Gasteiger partial charge in [0, 0.05) is 12.0 Å². The Morgan fingerprint density at radius 1 is 0.905 bits per heavy atom. The molecule has 0 heterocycles. The van der Waals surface area contributed by atoms with Gasteiger partial charge in [-0.25, -0.2) is 0 Å². The molecule has 0 radical (unpaired) electrons. The van der Waals surface area contributed by atoms with Crippen molar-refractivity contribution in [2.75, 3.05) is 7.11 Å². The van der Waals surface area contributed by atoms with E-state index in [4.69, 9.17) is 5.73 Å². The molecule has 0 aromatic rings. The summed E-state index contributed by atoms with van der Waals surface area (Å²) in [4.78, 5) is 11.1. The Kier molecular flexibility index (Phi) is 12.8. The van der Waals surface area contributed by atoms with Gasteiger partial charge < -0.3 is 10.5 Å². The van der Waals surface area contributed by atoms with Gasteiger partial charge in [0.25, 0.3) is 0 Å². The van der Waals surface area contributed by atoms with Crippen molar-refractivity contribution in [2.24, 2.45) is 5.73 Å². The minimum atomic E-state index is -0.228. The highest BCUT2D eigenvalue weighted by Crippen LogP contribution is 2.19. The molecule has 1 atom stereocenters. The molecular formula is C18H37NO2. The molecule has 0 bridgehead atoms. The fourth-order valence-electron chi connectivity index (χ4n) is 2.63. The Morgan fingerprint density at radius 2 is 1.38 bits per heavy atom. The molecule has 3 heteroatoms. The monoisotopic (exact) mass is 299 g/mol. The maximum absolute atomic E-state index is 11.1. The number of methoxy groups -OCH3 is 1. The minimum absolute atomic E-state index is 0.158. The number of ether oxygens (including phenoxy) is 1. The standard InChI is InChI=1S/C18H37NO2/c1-4-5-6-7-8-9-10-11-12-13-15-18(2,19)16-14-17(20)21-3/h4-16,19H2,1-3H3. The van der Waals surface area contributed by atoms with Gasteiger partial charge >= 0.3 is 5.97 Å². The van der Waals surface area contributed by atoms with Crippen molar-refractivity contribution in [3.05, 3.63) is 0 Å². The summed E-state index contributed by atoms with van der Waals surface area (Å²) < 4.78 is 4.66. The number of esters is 1. The Balaban J connectivity index is 3.38. The molecule has 0 spiro atoms. The Morgan fingerprint density at radius 3 is 1.86 bits per heavy atom. The highest BCUT2D eigenvalue weighted by molar-refractivity contribution is 5.69. The summed E-state index contributed by atoms with van der Waals surface area (Å²) in [6.07, 6.45) is 15.6. The van der Waals surface area contributed by atoms with Crippen LogP contribution in [0, 0.1) is 0 Å². The van der Waals surface area contributed by atoms with Crippen LogP contribution in [0.1, 0.15) is 97.3 Å². The van der Waals surface area contributed by atoms with Gasteiger partial charge in [0.2, 0.25) is 0 Å². The van der Waals surface area contributed by atoms with Crippen molar-refractivity contribution in [1.29, 1.82) is 0 Å². The van der Waals surface area contributed by atoms with E-state index in [1.165, 1.54) is 71.3 Å². The van der Waals surface area contributed by atoms with Crippen molar-refractivity contribution < 1.29 is 9.53 Å². The highest BCUT2D eigenvalue weighted by atomic mass is 16.5. The zero-order chi connectivity index (χ0) is 16.0. The van der Waals surface area contributed by atoms with Crippen LogP contribution < -0.4 is 5.73 Å². The number of rotatable bonds is 14. The van der Waals surface area contributed by atoms with Crippen LogP contribution in [0.3, 0.4) is 0 Å². The summed E-state index contributed by atoms with van der Waals surface area (Å²) in [5, 5.41) is 0. The number of hydrogen-bond donors (Lipinski definition) is 1. The molecule has 0 saturated carbocycles. The minimum Gasteiger partial charge on any atom is -0.469 e. The van der Waals surface area contributed by atoms with Gasteiger partial charge in [0.1, 0.15) is 0 Å². The van der Waals surface area contributed by atoms with Crippen molar-refractivity contribution in [2.45, 2.75) is 103 Å². The van der Waals surface area contributed by atoms with Gasteiger partial charge in [-0.15, -0.1) is 0 Å². The predicted octanol–water partition coefficient (Wildman–Crippen LogP) is 4.97. The first kappa shape index (κ1) is 20.4. The lowest BCUT2D eigenvalue weighted by Gasteiger charge is -2.24. The molecule has 126 valence electrons. The summed E-state index contributed by atoms with van der Waals surface area (Å²) >= 11 is 0. The third kappa shape index (κ3) is 14.1. The van der Waals surface area contributed by atoms with Crippen LogP contribution in [0.25, 0.3) is 0 Å². The maximum Gasteiger partial charge on any atom is 0.305 e. The van der Waals surface area contributed by atoms with E-state index in [2.05, 4.69) is 11.7 Å². The molecule has 21 heavy (non-hydrogen) atoms. The fourth-order valence-corrected chi connectivity index (χ4v) is 2.63. The highest BCUT2D eigenvalue weighted by Gasteiger charge is 2.19. The zero-order valence-electron chi connectivity index (χ0n) is 14.6. The number of carbonyl (C=O) groups excluding carboxylic acids is 1. The summed E-state index contributed by atoms with van der Waals surface area (Å²) in [6.45, 7) is 4.31. The fraction of sp³-hybridized carbons (Fsp3) is 0.944. The average molecular weight is 299 g/mol. The van der Waals surface area contributed by atoms with Gasteiger partial charge in [-0.3, -0.25) is 4.79 Å². The predicted molar refractivity (Wildman–Crippen MR) is 90.3 cm³/mol. The van der Waals surface area contributed by atoms with Crippen LogP contribution >= 0.6 is 0 Å². The molecule has 0 aromatic heterocycles. The normalized spacial score (nSPS) is 13.9. The third-order valence-corrected chi connectivity index (χ3v) is 4.23. The Bertz CT molecular complexity index is 252. The Hall–Kier alpha value is -0.570. The van der Waals surface area contributed by atoms with Crippen LogP contribution in [0.2, 0.25) is 0 Å². The molecule has 0 rings (SSSR count). The van der Waals surface area contributed by atoms with Gasteiger partial charge in [-0.2, -0.15) is 0 Å². The smallest absolute Gasteiger partial charge is 0.305 e. The molecule has 0 saturated heterocycles. The Labute approximate surface area is 132 Å². The summed E-state index contributed by atoms with van der Waals surface area (Å²) in [5.41, 5.74) is 5.99. The molecular weight excluding hydrogens is 262 g/mol. The molecule has 0 amide bonds. The van der Waals surface area contributed by atoms with Crippen molar-refractivity contribution >= 4 is 5.97 Å². The molecule has 0 aliphatic carbocycles. The van der Waals surface area contributed by atoms with Crippen molar-refractivity contribution in [1.82, 2.24) is 0 Å². The van der Waals surface area contributed by atoms with E-state index in [-0.39, 0.29) is 11.5 Å². The molecule has 0 fully saturated rings. The van der Waals surface area contributed by atoms with Gasteiger partial charge in [0.15, 0.2) is 0 Å². The second-order valence-corrected chi connectivity index (χ2v) is 6.66. The van der Waals surface area contributed by atoms with E-state index in [1.54, 1.807) is 0 Å². The summed E-state index contributed by atoms with van der Waals surface area (Å²) in [5.74, 6) is -0.158. The van der Waals surface area contributed by atoms with E-state index in [0.29, 0.717) is 6.42 Å². The molecule has 3 nitrogen and oxygen atoms in total. The zero-order valence-corrected chi connectivity index (χ0v) is 14.6. The average Bonchev–Trinajstić information content (AvgIpc) is 2.46. The van der Waals surface area contributed by atoms with E-state index < -0.39 is 0 Å². The van der Waals surface area contributed by atoms with E-state index >= 15 is 0 Å². The lowest BCUT2D eigenvalue weighted by molar-refractivity contribution is -0.141. The topological polar surface area (TPSA) is 52.3 Å². The van der Waals surface area contributed by atoms with Gasteiger partial charge in [-0.05, 0) is 19.8 Å². The maximum atomic E-state index is 11.1. The number of carbonyl (C=O) groups is 1. The number of nitrogens with two attached hydrogens (primary N) is 1. The second-order valence-electron chi connectivity index (χ2n) is 6.66. The van der Waals surface area contributed by atoms with Crippen LogP contribution in [0.15, 0.2) is 0 Å². The first-order chi connectivity index (χ1) is 10.0. The second kappa shape index (κ2) is 13.1. The molecule has 0 aliphatic rings. The molecule has 2 N–H and O–H groups in total. The lowest BCUT2D eigenvalue weighted by atomic mass is 9.90. The van der Waals surface area contributed by atoms with Crippen LogP contribution in [0.5, 0.6) is 0 Å². The number of hydrogen-bond acceptors (Lipinski definition) is 3. The molecule has 1 unspecified atom stereocenters. The molecule has 0 aromatic carbocycles. The first-order valence-corrected chi connectivity index (χ1v) is 8.87. The number of unbranched alkanes of at least 4 members (excludes halogenated alkanes) is 9. The first-order valence-electron chi connectivity index (χ1n) is 8.87.